The predicted molar refractivity (Wildman–Crippen MR) is 109 cm³/mol. The molecule has 28 heavy (non-hydrogen) atoms. The zero-order valence-electron chi connectivity index (χ0n) is 15.2. The van der Waals surface area contributed by atoms with Crippen LogP contribution in [-0.2, 0) is 0 Å². The highest BCUT2D eigenvalue weighted by molar-refractivity contribution is 7.07. The molecular formula is C20H20N4O3S. The Hall–Kier alpha value is -3.00. The Morgan fingerprint density at radius 3 is 2.64 bits per heavy atom. The van der Waals surface area contributed by atoms with Gasteiger partial charge in [-0.25, -0.2) is 4.68 Å². The smallest absolute Gasteiger partial charge is 0.269 e. The van der Waals surface area contributed by atoms with Crippen LogP contribution in [0, 0.1) is 10.1 Å². The summed E-state index contributed by atoms with van der Waals surface area (Å²) in [6, 6.07) is 10.5. The van der Waals surface area contributed by atoms with Crippen molar-refractivity contribution >= 4 is 23.2 Å². The number of non-ortho nitro benzene ring substituents is 1. The normalized spacial score (nSPS) is 16.1. The summed E-state index contributed by atoms with van der Waals surface area (Å²) >= 11 is 1.53. The number of hydrogen-bond acceptors (Lipinski definition) is 6. The molecule has 1 aliphatic rings. The molecule has 0 N–H and O–H groups in total. The number of nitro groups is 1. The van der Waals surface area contributed by atoms with Gasteiger partial charge in [0.25, 0.3) is 5.69 Å². The Balaban J connectivity index is 1.74. The Morgan fingerprint density at radius 1 is 1.18 bits per heavy atom. The quantitative estimate of drug-likeness (QED) is 0.351. The summed E-state index contributed by atoms with van der Waals surface area (Å²) in [6.45, 7) is 0. The fraction of sp³-hybridized carbons (Fsp3) is 0.300. The van der Waals surface area contributed by atoms with Gasteiger partial charge < -0.3 is 4.42 Å². The SMILES string of the molecule is O=[N+]([O-])c1ccc(-c2csc(=NC3CCCCC3)n2N=Cc2ccco2)cc1. The van der Waals surface area contributed by atoms with Gasteiger partial charge in [0.1, 0.15) is 5.76 Å². The molecule has 8 heteroatoms. The van der Waals surface area contributed by atoms with Crippen LogP contribution < -0.4 is 4.80 Å². The first-order chi connectivity index (χ1) is 13.7. The number of thiazole rings is 1. The van der Waals surface area contributed by atoms with Crippen molar-refractivity contribution in [3.05, 3.63) is 68.7 Å². The van der Waals surface area contributed by atoms with Crippen molar-refractivity contribution < 1.29 is 9.34 Å². The lowest BCUT2D eigenvalue weighted by molar-refractivity contribution is -0.384. The van der Waals surface area contributed by atoms with Crippen molar-refractivity contribution in [2.24, 2.45) is 10.1 Å². The molecule has 4 rings (SSSR count). The molecule has 0 atom stereocenters. The highest BCUT2D eigenvalue weighted by Gasteiger charge is 2.14. The zero-order valence-corrected chi connectivity index (χ0v) is 16.0. The maximum atomic E-state index is 10.9. The third-order valence-corrected chi connectivity index (χ3v) is 5.60. The van der Waals surface area contributed by atoms with Crippen LogP contribution >= 0.6 is 11.3 Å². The molecule has 0 spiro atoms. The van der Waals surface area contributed by atoms with Crippen LogP contribution in [0.1, 0.15) is 37.9 Å². The summed E-state index contributed by atoms with van der Waals surface area (Å²) < 4.78 is 7.14. The van der Waals surface area contributed by atoms with Crippen molar-refractivity contribution in [3.8, 4) is 11.3 Å². The van der Waals surface area contributed by atoms with Gasteiger partial charge in [-0.2, -0.15) is 5.10 Å². The monoisotopic (exact) mass is 396 g/mol. The molecular weight excluding hydrogens is 376 g/mol. The Kier molecular flexibility index (Phi) is 5.48. The summed E-state index contributed by atoms with van der Waals surface area (Å²) in [5, 5.41) is 17.5. The maximum Gasteiger partial charge on any atom is 0.269 e. The first-order valence-corrected chi connectivity index (χ1v) is 10.2. The average molecular weight is 396 g/mol. The Bertz CT molecular complexity index is 1030. The van der Waals surface area contributed by atoms with Crippen LogP contribution in [0.2, 0.25) is 0 Å². The maximum absolute atomic E-state index is 10.9. The third kappa shape index (κ3) is 4.12. The largest absolute Gasteiger partial charge is 0.463 e. The molecule has 2 aromatic heterocycles. The minimum Gasteiger partial charge on any atom is -0.463 e. The molecule has 1 fully saturated rings. The van der Waals surface area contributed by atoms with E-state index >= 15 is 0 Å². The summed E-state index contributed by atoms with van der Waals surface area (Å²) in [5.41, 5.74) is 1.76. The van der Waals surface area contributed by atoms with Crippen LogP contribution in [0.25, 0.3) is 11.3 Å². The van der Waals surface area contributed by atoms with E-state index in [2.05, 4.69) is 5.10 Å². The van der Waals surface area contributed by atoms with Crippen molar-refractivity contribution in [1.82, 2.24) is 4.68 Å². The lowest BCUT2D eigenvalue weighted by Gasteiger charge is -2.16. The summed E-state index contributed by atoms with van der Waals surface area (Å²) in [5.74, 6) is 0.650. The Labute approximate surface area is 165 Å². The van der Waals surface area contributed by atoms with Crippen LogP contribution in [0.4, 0.5) is 5.69 Å². The first kappa shape index (κ1) is 18.4. The van der Waals surface area contributed by atoms with E-state index in [4.69, 9.17) is 9.41 Å². The topological polar surface area (TPSA) is 85.9 Å². The van der Waals surface area contributed by atoms with Gasteiger partial charge in [-0.05, 0) is 37.1 Å². The van der Waals surface area contributed by atoms with Crippen LogP contribution in [0.5, 0.6) is 0 Å². The minimum atomic E-state index is -0.398. The van der Waals surface area contributed by atoms with Crippen molar-refractivity contribution in [2.45, 2.75) is 38.1 Å². The lowest BCUT2D eigenvalue weighted by Crippen LogP contribution is -2.18. The van der Waals surface area contributed by atoms with Gasteiger partial charge in [-0.15, -0.1) is 11.3 Å². The van der Waals surface area contributed by atoms with Crippen LogP contribution in [0.3, 0.4) is 0 Å². The van der Waals surface area contributed by atoms with E-state index in [-0.39, 0.29) is 5.69 Å². The van der Waals surface area contributed by atoms with E-state index in [1.165, 1.54) is 42.7 Å². The lowest BCUT2D eigenvalue weighted by atomic mass is 9.96. The molecule has 0 bridgehead atoms. The van der Waals surface area contributed by atoms with E-state index < -0.39 is 4.92 Å². The van der Waals surface area contributed by atoms with E-state index in [1.807, 2.05) is 17.5 Å². The van der Waals surface area contributed by atoms with Crippen LogP contribution in [0.15, 0.2) is 62.6 Å². The number of hydrogen-bond donors (Lipinski definition) is 0. The summed E-state index contributed by atoms with van der Waals surface area (Å²) in [6.07, 6.45) is 9.17. The second kappa shape index (κ2) is 8.35. The molecule has 2 heterocycles. The second-order valence-electron chi connectivity index (χ2n) is 6.70. The van der Waals surface area contributed by atoms with E-state index in [0.29, 0.717) is 11.8 Å². The number of benzene rings is 1. The molecule has 1 aliphatic carbocycles. The molecule has 0 saturated heterocycles. The van der Waals surface area contributed by atoms with Gasteiger partial charge in [0.2, 0.25) is 4.80 Å². The van der Waals surface area contributed by atoms with Crippen molar-refractivity contribution in [1.29, 1.82) is 0 Å². The summed E-state index contributed by atoms with van der Waals surface area (Å²) in [7, 11) is 0. The van der Waals surface area contributed by atoms with E-state index in [0.717, 1.165) is 28.9 Å². The molecule has 144 valence electrons. The van der Waals surface area contributed by atoms with Gasteiger partial charge in [0, 0.05) is 23.1 Å². The highest BCUT2D eigenvalue weighted by atomic mass is 32.1. The number of nitrogens with zero attached hydrogens (tertiary/aromatic N) is 4. The molecule has 0 radical (unpaired) electrons. The zero-order chi connectivity index (χ0) is 19.3. The van der Waals surface area contributed by atoms with Crippen molar-refractivity contribution in [3.63, 3.8) is 0 Å². The minimum absolute atomic E-state index is 0.0664. The molecule has 7 nitrogen and oxygen atoms in total. The standard InChI is InChI=1S/C20H20N4O3S/c25-24(26)17-10-8-15(9-11-17)19-14-28-20(22-16-5-2-1-3-6-16)23(19)21-13-18-7-4-12-27-18/h4,7-14,16H,1-3,5-6H2. The molecule has 0 aliphatic heterocycles. The van der Waals surface area contributed by atoms with Crippen LogP contribution in [-0.4, -0.2) is 21.9 Å². The molecule has 0 unspecified atom stereocenters. The average Bonchev–Trinajstić information content (AvgIpc) is 3.37. The third-order valence-electron chi connectivity index (χ3n) is 4.77. The number of nitro benzene ring substituents is 1. The van der Waals surface area contributed by atoms with Gasteiger partial charge >= 0.3 is 0 Å². The molecule has 1 saturated carbocycles. The number of rotatable bonds is 5. The molecule has 0 amide bonds. The fourth-order valence-corrected chi connectivity index (χ4v) is 4.21. The first-order valence-electron chi connectivity index (χ1n) is 9.28. The van der Waals surface area contributed by atoms with Gasteiger partial charge in [0.05, 0.1) is 29.1 Å². The summed E-state index contributed by atoms with van der Waals surface area (Å²) in [4.78, 5) is 16.3. The second-order valence-corrected chi connectivity index (χ2v) is 7.54. The fourth-order valence-electron chi connectivity index (χ4n) is 3.30. The van der Waals surface area contributed by atoms with Gasteiger partial charge in [-0.1, -0.05) is 19.3 Å². The number of furan rings is 1. The Morgan fingerprint density at radius 2 is 1.96 bits per heavy atom. The van der Waals surface area contributed by atoms with E-state index in [9.17, 15) is 10.1 Å². The van der Waals surface area contributed by atoms with Gasteiger partial charge in [0.15, 0.2) is 0 Å². The highest BCUT2D eigenvalue weighted by Crippen LogP contribution is 2.24. The molecule has 3 aromatic rings. The number of aromatic nitrogens is 1. The van der Waals surface area contributed by atoms with Gasteiger partial charge in [-0.3, -0.25) is 15.1 Å². The molecule has 1 aromatic carbocycles. The predicted octanol–water partition coefficient (Wildman–Crippen LogP) is 4.83. The van der Waals surface area contributed by atoms with Crippen molar-refractivity contribution in [2.75, 3.05) is 0 Å². The van der Waals surface area contributed by atoms with E-state index in [1.54, 1.807) is 29.3 Å².